The van der Waals surface area contributed by atoms with Crippen LogP contribution in [0.3, 0.4) is 0 Å². The highest BCUT2D eigenvalue weighted by molar-refractivity contribution is 7.89. The summed E-state index contributed by atoms with van der Waals surface area (Å²) >= 11 is 0. The minimum Gasteiger partial charge on any atom is -0.396 e. The summed E-state index contributed by atoms with van der Waals surface area (Å²) in [6, 6.07) is 1.81. The van der Waals surface area contributed by atoms with Crippen LogP contribution in [-0.2, 0) is 10.0 Å². The van der Waals surface area contributed by atoms with Crippen LogP contribution in [-0.4, -0.2) is 25.7 Å². The van der Waals surface area contributed by atoms with E-state index in [1.165, 1.54) is 0 Å². The molecule has 1 rings (SSSR count). The second-order valence-electron chi connectivity index (χ2n) is 3.54. The minimum absolute atomic E-state index is 0.0499. The van der Waals surface area contributed by atoms with E-state index in [2.05, 4.69) is 10.3 Å². The monoisotopic (exact) mass is 244 g/mol. The number of aromatic nitrogens is 1. The van der Waals surface area contributed by atoms with Gasteiger partial charge in [-0.3, -0.25) is 0 Å². The van der Waals surface area contributed by atoms with E-state index in [9.17, 15) is 8.42 Å². The van der Waals surface area contributed by atoms with Crippen LogP contribution in [0.2, 0.25) is 0 Å². The smallest absolute Gasteiger partial charge is 0.209 e. The number of primary sulfonamides is 1. The van der Waals surface area contributed by atoms with Gasteiger partial charge >= 0.3 is 0 Å². The van der Waals surface area contributed by atoms with Crippen molar-refractivity contribution in [2.24, 2.45) is 5.14 Å². The van der Waals surface area contributed by atoms with Gasteiger partial charge in [-0.1, -0.05) is 0 Å². The maximum Gasteiger partial charge on any atom is 0.209 e. The van der Waals surface area contributed by atoms with Crippen molar-refractivity contribution in [3.8, 4) is 0 Å². The predicted molar refractivity (Wildman–Crippen MR) is 64.5 cm³/mol. The number of sulfonamides is 1. The number of rotatable bonds is 5. The standard InChI is InChI=1S/C9H16N4O2S/c1-7-3-5-13-9(8(7)10)12-4-2-6-16(11,14)15/h3,5H,2,4,6,10H2,1H3,(H,12,13)(H2,11,14,15). The second kappa shape index (κ2) is 5.13. The van der Waals surface area contributed by atoms with Gasteiger partial charge in [0.15, 0.2) is 0 Å². The minimum atomic E-state index is -3.39. The Hall–Kier alpha value is -1.34. The molecule has 1 aromatic rings. The molecule has 0 aliphatic rings. The summed E-state index contributed by atoms with van der Waals surface area (Å²) < 4.78 is 21.3. The third-order valence-electron chi connectivity index (χ3n) is 2.11. The molecule has 1 heterocycles. The molecule has 90 valence electrons. The van der Waals surface area contributed by atoms with Crippen LogP contribution < -0.4 is 16.2 Å². The van der Waals surface area contributed by atoms with Crippen molar-refractivity contribution in [3.05, 3.63) is 17.8 Å². The number of pyridine rings is 1. The van der Waals surface area contributed by atoms with Gasteiger partial charge in [0.25, 0.3) is 0 Å². The molecule has 6 nitrogen and oxygen atoms in total. The zero-order chi connectivity index (χ0) is 12.2. The van der Waals surface area contributed by atoms with Crippen LogP contribution in [0.5, 0.6) is 0 Å². The number of aryl methyl sites for hydroxylation is 1. The summed E-state index contributed by atoms with van der Waals surface area (Å²) in [6.07, 6.45) is 2.07. The van der Waals surface area contributed by atoms with Gasteiger partial charge in [-0.05, 0) is 25.0 Å². The fraction of sp³-hybridized carbons (Fsp3) is 0.444. The summed E-state index contributed by atoms with van der Waals surface area (Å²) in [5, 5.41) is 7.84. The normalized spacial score (nSPS) is 11.4. The van der Waals surface area contributed by atoms with Gasteiger partial charge in [-0.15, -0.1) is 0 Å². The molecule has 1 aromatic heterocycles. The first-order valence-electron chi connectivity index (χ1n) is 4.85. The molecule has 5 N–H and O–H groups in total. The highest BCUT2D eigenvalue weighted by atomic mass is 32.2. The Labute approximate surface area is 95.1 Å². The zero-order valence-electron chi connectivity index (χ0n) is 9.10. The molecule has 0 amide bonds. The van der Waals surface area contributed by atoms with Crippen LogP contribution in [0, 0.1) is 6.92 Å². The Kier molecular flexibility index (Phi) is 4.08. The summed E-state index contributed by atoms with van der Waals surface area (Å²) in [6.45, 7) is 2.35. The fourth-order valence-electron chi connectivity index (χ4n) is 1.19. The third-order valence-corrected chi connectivity index (χ3v) is 2.96. The van der Waals surface area contributed by atoms with E-state index >= 15 is 0 Å². The molecule has 0 saturated heterocycles. The van der Waals surface area contributed by atoms with E-state index in [4.69, 9.17) is 10.9 Å². The van der Waals surface area contributed by atoms with E-state index in [0.717, 1.165) is 5.56 Å². The predicted octanol–water partition coefficient (Wildman–Crippen LogP) is 0.0627. The number of nitrogen functional groups attached to an aromatic ring is 1. The Morgan fingerprint density at radius 1 is 1.50 bits per heavy atom. The number of hydrogen-bond acceptors (Lipinski definition) is 5. The third kappa shape index (κ3) is 4.03. The van der Waals surface area contributed by atoms with Crippen LogP contribution in [0.25, 0.3) is 0 Å². The molecular weight excluding hydrogens is 228 g/mol. The largest absolute Gasteiger partial charge is 0.396 e. The van der Waals surface area contributed by atoms with Gasteiger partial charge in [0.2, 0.25) is 10.0 Å². The molecule has 0 aliphatic carbocycles. The zero-order valence-corrected chi connectivity index (χ0v) is 9.92. The van der Waals surface area contributed by atoms with Crippen molar-refractivity contribution >= 4 is 21.5 Å². The van der Waals surface area contributed by atoms with Gasteiger partial charge in [0, 0.05) is 12.7 Å². The average Bonchev–Trinajstić information content (AvgIpc) is 2.17. The van der Waals surface area contributed by atoms with Crippen molar-refractivity contribution in [2.75, 3.05) is 23.3 Å². The lowest BCUT2D eigenvalue weighted by Crippen LogP contribution is -2.19. The van der Waals surface area contributed by atoms with Crippen molar-refractivity contribution in [2.45, 2.75) is 13.3 Å². The van der Waals surface area contributed by atoms with Crippen LogP contribution >= 0.6 is 0 Å². The molecule has 0 spiro atoms. The first-order chi connectivity index (χ1) is 7.40. The maximum atomic E-state index is 10.7. The topological polar surface area (TPSA) is 111 Å². The number of nitrogens with zero attached hydrogens (tertiary/aromatic N) is 1. The van der Waals surface area contributed by atoms with Crippen molar-refractivity contribution in [3.63, 3.8) is 0 Å². The van der Waals surface area contributed by atoms with E-state index in [0.29, 0.717) is 24.5 Å². The van der Waals surface area contributed by atoms with E-state index in [1.54, 1.807) is 6.20 Å². The molecule has 0 aromatic carbocycles. The first kappa shape index (κ1) is 12.7. The lowest BCUT2D eigenvalue weighted by atomic mass is 10.2. The second-order valence-corrected chi connectivity index (χ2v) is 5.27. The van der Waals surface area contributed by atoms with Crippen LogP contribution in [0.1, 0.15) is 12.0 Å². The molecule has 0 atom stereocenters. The number of nitrogens with two attached hydrogens (primary N) is 2. The molecule has 0 unspecified atom stereocenters. The van der Waals surface area contributed by atoms with E-state index in [1.807, 2.05) is 13.0 Å². The lowest BCUT2D eigenvalue weighted by molar-refractivity contribution is 0.596. The average molecular weight is 244 g/mol. The Morgan fingerprint density at radius 2 is 2.19 bits per heavy atom. The van der Waals surface area contributed by atoms with E-state index in [-0.39, 0.29) is 5.75 Å². The molecular formula is C9H16N4O2S. The van der Waals surface area contributed by atoms with Crippen molar-refractivity contribution < 1.29 is 8.42 Å². The fourth-order valence-corrected chi connectivity index (χ4v) is 1.74. The number of anilines is 2. The summed E-state index contributed by atoms with van der Waals surface area (Å²) in [5.74, 6) is 0.528. The van der Waals surface area contributed by atoms with Crippen molar-refractivity contribution in [1.29, 1.82) is 0 Å². The molecule has 0 bridgehead atoms. The van der Waals surface area contributed by atoms with E-state index < -0.39 is 10.0 Å². The Balaban J connectivity index is 2.47. The quantitative estimate of drug-likeness (QED) is 0.634. The van der Waals surface area contributed by atoms with Gasteiger partial charge in [-0.2, -0.15) is 0 Å². The van der Waals surface area contributed by atoms with Gasteiger partial charge in [-0.25, -0.2) is 18.5 Å². The number of nitrogens with one attached hydrogen (secondary N) is 1. The molecule has 0 radical (unpaired) electrons. The summed E-state index contributed by atoms with van der Waals surface area (Å²) in [4.78, 5) is 4.06. The van der Waals surface area contributed by atoms with Gasteiger partial charge in [0.1, 0.15) is 5.82 Å². The van der Waals surface area contributed by atoms with Crippen LogP contribution in [0.4, 0.5) is 11.5 Å². The molecule has 0 fully saturated rings. The molecule has 7 heteroatoms. The molecule has 0 aliphatic heterocycles. The van der Waals surface area contributed by atoms with Crippen LogP contribution in [0.15, 0.2) is 12.3 Å². The number of hydrogen-bond donors (Lipinski definition) is 3. The highest BCUT2D eigenvalue weighted by Gasteiger charge is 2.04. The lowest BCUT2D eigenvalue weighted by Gasteiger charge is -2.09. The van der Waals surface area contributed by atoms with Crippen molar-refractivity contribution in [1.82, 2.24) is 4.98 Å². The SMILES string of the molecule is Cc1ccnc(NCCCS(N)(=O)=O)c1N. The Bertz CT molecular complexity index is 459. The summed E-state index contributed by atoms with van der Waals surface area (Å²) in [7, 11) is -3.39. The maximum absolute atomic E-state index is 10.7. The first-order valence-corrected chi connectivity index (χ1v) is 6.57. The van der Waals surface area contributed by atoms with Gasteiger partial charge in [0.05, 0.1) is 11.4 Å². The van der Waals surface area contributed by atoms with Gasteiger partial charge < -0.3 is 11.1 Å². The highest BCUT2D eigenvalue weighted by Crippen LogP contribution is 2.18. The molecule has 16 heavy (non-hydrogen) atoms. The molecule has 0 saturated carbocycles. The Morgan fingerprint density at radius 3 is 2.81 bits per heavy atom. The summed E-state index contributed by atoms with van der Waals surface area (Å²) in [5.41, 5.74) is 7.30.